The molecule has 1 N–H and O–H groups in total. The average Bonchev–Trinajstić information content (AvgIpc) is 2.42. The van der Waals surface area contributed by atoms with Gasteiger partial charge in [-0.1, -0.05) is 53.5 Å². The Bertz CT molecular complexity index is 659. The molecule has 0 aromatic heterocycles. The number of carboxylic acids is 1. The van der Waals surface area contributed by atoms with Crippen LogP contribution in [-0.2, 0) is 15.6 Å². The minimum absolute atomic E-state index is 0.245. The maximum Gasteiger partial charge on any atom is 0.324 e. The Morgan fingerprint density at radius 2 is 1.70 bits per heavy atom. The fourth-order valence-electron chi connectivity index (χ4n) is 1.72. The third kappa shape index (κ3) is 3.20. The van der Waals surface area contributed by atoms with E-state index in [1.165, 1.54) is 18.2 Å². The molecule has 3 nitrogen and oxygen atoms in total. The molecule has 6 heteroatoms. The predicted octanol–water partition coefficient (Wildman–Crippen LogP) is 3.93. The van der Waals surface area contributed by atoms with Crippen LogP contribution in [0.5, 0.6) is 0 Å². The number of aliphatic carboxylic acids is 1. The largest absolute Gasteiger partial charge is 0.480 e. The van der Waals surface area contributed by atoms with Gasteiger partial charge in [-0.15, -0.1) is 0 Å². The van der Waals surface area contributed by atoms with Crippen molar-refractivity contribution in [1.29, 1.82) is 0 Å². The molecule has 0 bridgehead atoms. The van der Waals surface area contributed by atoms with Crippen molar-refractivity contribution in [2.24, 2.45) is 0 Å². The van der Waals surface area contributed by atoms with Crippen molar-refractivity contribution in [1.82, 2.24) is 0 Å². The second kappa shape index (κ2) is 6.39. The van der Waals surface area contributed by atoms with Crippen LogP contribution in [0.1, 0.15) is 10.8 Å². The molecule has 0 aliphatic rings. The zero-order valence-electron chi connectivity index (χ0n) is 10.1. The van der Waals surface area contributed by atoms with Crippen molar-refractivity contribution in [2.45, 2.75) is 10.1 Å². The van der Waals surface area contributed by atoms with E-state index in [1.54, 1.807) is 30.3 Å². The lowest BCUT2D eigenvalue weighted by Gasteiger charge is -2.13. The zero-order chi connectivity index (χ0) is 14.7. The minimum Gasteiger partial charge on any atom is -0.480 e. The van der Waals surface area contributed by atoms with Crippen molar-refractivity contribution in [3.05, 3.63) is 64.1 Å². The molecule has 0 spiro atoms. The number of carboxylic acid groups (broad SMARTS) is 1. The van der Waals surface area contributed by atoms with E-state index in [2.05, 4.69) is 0 Å². The molecule has 2 rings (SSSR count). The van der Waals surface area contributed by atoms with Gasteiger partial charge in [-0.25, -0.2) is 0 Å². The Balaban J connectivity index is 2.42. The number of hydrogen-bond donors (Lipinski definition) is 1. The number of carbonyl (C=O) groups is 1. The molecule has 2 atom stereocenters. The lowest BCUT2D eigenvalue weighted by molar-refractivity contribution is -0.136. The summed E-state index contributed by atoms with van der Waals surface area (Å²) in [6, 6.07) is 12.9. The Morgan fingerprint density at radius 1 is 1.05 bits per heavy atom. The first-order valence-corrected chi connectivity index (χ1v) is 7.61. The van der Waals surface area contributed by atoms with Crippen molar-refractivity contribution >= 4 is 40.0 Å². The quantitative estimate of drug-likeness (QED) is 0.925. The van der Waals surface area contributed by atoms with Crippen LogP contribution in [-0.4, -0.2) is 15.3 Å². The normalized spacial score (nSPS) is 13.7. The van der Waals surface area contributed by atoms with E-state index in [1.807, 2.05) is 0 Å². The van der Waals surface area contributed by atoms with E-state index in [9.17, 15) is 14.1 Å². The number of halogens is 2. The number of rotatable bonds is 4. The molecule has 20 heavy (non-hydrogen) atoms. The molecular formula is C14H10Cl2O3S. The summed E-state index contributed by atoms with van der Waals surface area (Å²) in [4.78, 5) is 11.7. The highest BCUT2D eigenvalue weighted by Crippen LogP contribution is 2.30. The molecule has 0 radical (unpaired) electrons. The van der Waals surface area contributed by atoms with Gasteiger partial charge in [0, 0.05) is 4.90 Å². The molecule has 0 aliphatic carbocycles. The first-order chi connectivity index (χ1) is 9.50. The molecule has 0 saturated heterocycles. The monoisotopic (exact) mass is 328 g/mol. The molecule has 0 amide bonds. The summed E-state index contributed by atoms with van der Waals surface area (Å²) < 4.78 is 12.5. The van der Waals surface area contributed by atoms with E-state index in [-0.39, 0.29) is 5.02 Å². The lowest BCUT2D eigenvalue weighted by atomic mass is 10.1. The second-order valence-corrected chi connectivity index (χ2v) is 6.35. The van der Waals surface area contributed by atoms with Crippen LogP contribution < -0.4 is 0 Å². The lowest BCUT2D eigenvalue weighted by Crippen LogP contribution is -2.17. The zero-order valence-corrected chi connectivity index (χ0v) is 12.5. The van der Waals surface area contributed by atoms with Crippen LogP contribution in [0.2, 0.25) is 10.0 Å². The standard InChI is InChI=1S/C14H10Cl2O3S/c15-11-7-6-10(8-12(11)16)20(19)13(14(17)18)9-4-2-1-3-5-9/h1-8,13H,(H,17,18). The van der Waals surface area contributed by atoms with Crippen molar-refractivity contribution in [3.8, 4) is 0 Å². The highest BCUT2D eigenvalue weighted by Gasteiger charge is 2.28. The molecule has 2 aromatic rings. The maximum atomic E-state index is 12.5. The molecule has 0 fully saturated rings. The van der Waals surface area contributed by atoms with Gasteiger partial charge in [-0.2, -0.15) is 0 Å². The van der Waals surface area contributed by atoms with Gasteiger partial charge in [-0.3, -0.25) is 9.00 Å². The number of hydrogen-bond acceptors (Lipinski definition) is 2. The van der Waals surface area contributed by atoms with Crippen LogP contribution in [0.3, 0.4) is 0 Å². The number of benzene rings is 2. The maximum absolute atomic E-state index is 12.5. The van der Waals surface area contributed by atoms with Gasteiger partial charge >= 0.3 is 5.97 Å². The summed E-state index contributed by atoms with van der Waals surface area (Å²) in [6.07, 6.45) is 0. The van der Waals surface area contributed by atoms with Crippen molar-refractivity contribution < 1.29 is 14.1 Å². The summed E-state index contributed by atoms with van der Waals surface area (Å²) >= 11 is 11.7. The van der Waals surface area contributed by atoms with Gasteiger partial charge in [0.1, 0.15) is 0 Å². The highest BCUT2D eigenvalue weighted by molar-refractivity contribution is 7.86. The van der Waals surface area contributed by atoms with Gasteiger partial charge in [0.2, 0.25) is 0 Å². The topological polar surface area (TPSA) is 54.4 Å². The summed E-state index contributed by atoms with van der Waals surface area (Å²) in [5.74, 6) is -1.15. The molecule has 0 aliphatic heterocycles. The van der Waals surface area contributed by atoms with Crippen LogP contribution in [0.15, 0.2) is 53.4 Å². The predicted molar refractivity (Wildman–Crippen MR) is 79.7 cm³/mol. The summed E-state index contributed by atoms with van der Waals surface area (Å²) in [6.45, 7) is 0. The van der Waals surface area contributed by atoms with E-state index >= 15 is 0 Å². The van der Waals surface area contributed by atoms with Gasteiger partial charge in [0.15, 0.2) is 5.25 Å². The minimum atomic E-state index is -1.76. The average molecular weight is 329 g/mol. The van der Waals surface area contributed by atoms with Gasteiger partial charge in [0.25, 0.3) is 0 Å². The van der Waals surface area contributed by atoms with Crippen molar-refractivity contribution in [3.63, 3.8) is 0 Å². The molecular weight excluding hydrogens is 319 g/mol. The third-order valence-electron chi connectivity index (χ3n) is 2.66. The van der Waals surface area contributed by atoms with Crippen LogP contribution in [0, 0.1) is 0 Å². The van der Waals surface area contributed by atoms with Gasteiger partial charge < -0.3 is 5.11 Å². The fourth-order valence-corrected chi connectivity index (χ4v) is 3.38. The molecule has 104 valence electrons. The Labute approximate surface area is 128 Å². The van der Waals surface area contributed by atoms with Crippen LogP contribution in [0.4, 0.5) is 0 Å². The Morgan fingerprint density at radius 3 is 2.25 bits per heavy atom. The molecule has 0 heterocycles. The molecule has 2 unspecified atom stereocenters. The van der Waals surface area contributed by atoms with E-state index in [4.69, 9.17) is 23.2 Å². The Kier molecular flexibility index (Phi) is 4.81. The summed E-state index contributed by atoms with van der Waals surface area (Å²) in [5, 5.41) is 8.76. The molecule has 2 aromatic carbocycles. The third-order valence-corrected chi connectivity index (χ3v) is 5.02. The fraction of sp³-hybridized carbons (Fsp3) is 0.0714. The van der Waals surface area contributed by atoms with Crippen LogP contribution >= 0.6 is 23.2 Å². The van der Waals surface area contributed by atoms with E-state index < -0.39 is 22.0 Å². The van der Waals surface area contributed by atoms with Crippen molar-refractivity contribution in [2.75, 3.05) is 0 Å². The van der Waals surface area contributed by atoms with E-state index in [0.717, 1.165) is 0 Å². The van der Waals surface area contributed by atoms with Gasteiger partial charge in [-0.05, 0) is 23.8 Å². The Hall–Kier alpha value is -1.36. The summed E-state index contributed by atoms with van der Waals surface area (Å²) in [5.41, 5.74) is 0.476. The SMILES string of the molecule is O=C(O)C(c1ccccc1)S(=O)c1ccc(Cl)c(Cl)c1. The first-order valence-electron chi connectivity index (χ1n) is 5.64. The molecule has 0 saturated carbocycles. The van der Waals surface area contributed by atoms with Gasteiger partial charge in [0.05, 0.1) is 20.8 Å². The highest BCUT2D eigenvalue weighted by atomic mass is 35.5. The first kappa shape index (κ1) is 15.0. The second-order valence-electron chi connectivity index (χ2n) is 4.00. The summed E-state index contributed by atoms with van der Waals surface area (Å²) in [7, 11) is -1.76. The van der Waals surface area contributed by atoms with E-state index in [0.29, 0.717) is 15.5 Å². The van der Waals surface area contributed by atoms with Crippen LogP contribution in [0.25, 0.3) is 0 Å². The smallest absolute Gasteiger partial charge is 0.324 e.